The van der Waals surface area contributed by atoms with Crippen LogP contribution in [0.25, 0.3) is 0 Å². The predicted octanol–water partition coefficient (Wildman–Crippen LogP) is 4.51. The molecular formula is C33H43N5O4S. The van der Waals surface area contributed by atoms with E-state index in [4.69, 9.17) is 9.47 Å². The second kappa shape index (κ2) is 12.8. The Morgan fingerprint density at radius 1 is 0.977 bits per heavy atom. The monoisotopic (exact) mass is 605 g/mol. The van der Waals surface area contributed by atoms with Crippen molar-refractivity contribution in [1.82, 2.24) is 18.8 Å². The molecule has 230 valence electrons. The second-order valence-corrected chi connectivity index (χ2v) is 13.6. The van der Waals surface area contributed by atoms with Crippen LogP contribution in [0.5, 0.6) is 5.75 Å². The Bertz CT molecular complexity index is 1420. The van der Waals surface area contributed by atoms with Gasteiger partial charge in [-0.25, -0.2) is 8.51 Å². The molecule has 43 heavy (non-hydrogen) atoms. The van der Waals surface area contributed by atoms with Gasteiger partial charge in [-0.15, -0.1) is 0 Å². The van der Waals surface area contributed by atoms with Crippen molar-refractivity contribution >= 4 is 22.6 Å². The number of likely N-dealkylation sites (tertiary alicyclic amines) is 1. The van der Waals surface area contributed by atoms with Crippen molar-refractivity contribution in [3.8, 4) is 5.75 Å². The normalized spacial score (nSPS) is 21.0. The number of hydrogen-bond acceptors (Lipinski definition) is 6. The molecule has 10 heteroatoms. The van der Waals surface area contributed by atoms with Crippen LogP contribution in [0.4, 0.5) is 5.69 Å². The van der Waals surface area contributed by atoms with Crippen molar-refractivity contribution in [3.05, 3.63) is 71.8 Å². The summed E-state index contributed by atoms with van der Waals surface area (Å²) in [4.78, 5) is 22.6. The van der Waals surface area contributed by atoms with Crippen LogP contribution in [0.15, 0.2) is 59.9 Å². The van der Waals surface area contributed by atoms with Gasteiger partial charge in [-0.05, 0) is 92.5 Å². The van der Waals surface area contributed by atoms with E-state index < -0.39 is 11.0 Å². The Kier molecular flexibility index (Phi) is 8.88. The van der Waals surface area contributed by atoms with Crippen LogP contribution in [-0.2, 0) is 27.1 Å². The summed E-state index contributed by atoms with van der Waals surface area (Å²) in [5, 5.41) is 0. The molecule has 0 aliphatic carbocycles. The first-order valence-electron chi connectivity index (χ1n) is 15.4. The standard InChI is InChI=1S/C33H43N5O4S/c1-25-21-28(41-3)22-26(2)32(25)43(40)38-20-19-36-14-4-5-29(36)30(38)23-42-24-31(39)37-17-10-33(11-18-37)8-15-35(16-9-33)27-6-12-34-13-7-27/h4-7,12-14,21-22,30H,8-11,15-20,23-24H2,1-3H3. The van der Waals surface area contributed by atoms with E-state index in [-0.39, 0.29) is 18.6 Å². The number of aryl methyl sites for hydroxylation is 2. The van der Waals surface area contributed by atoms with Crippen LogP contribution in [0.1, 0.15) is 48.5 Å². The molecule has 2 atom stereocenters. The van der Waals surface area contributed by atoms with Gasteiger partial charge in [0.2, 0.25) is 5.91 Å². The maximum atomic E-state index is 14.0. The highest BCUT2D eigenvalue weighted by molar-refractivity contribution is 7.82. The van der Waals surface area contributed by atoms with E-state index in [0.717, 1.165) is 85.9 Å². The lowest BCUT2D eigenvalue weighted by molar-refractivity contribution is -0.139. The van der Waals surface area contributed by atoms with Crippen molar-refractivity contribution in [2.24, 2.45) is 5.41 Å². The number of anilines is 1. The van der Waals surface area contributed by atoms with Gasteiger partial charge in [-0.2, -0.15) is 0 Å². The number of benzene rings is 1. The van der Waals surface area contributed by atoms with Gasteiger partial charge >= 0.3 is 0 Å². The molecule has 2 aromatic heterocycles. The van der Waals surface area contributed by atoms with Crippen LogP contribution in [0.3, 0.4) is 0 Å². The molecule has 3 aromatic rings. The zero-order valence-electron chi connectivity index (χ0n) is 25.5. The van der Waals surface area contributed by atoms with Crippen molar-refractivity contribution in [2.45, 2.75) is 57.0 Å². The van der Waals surface area contributed by atoms with Crippen molar-refractivity contribution < 1.29 is 18.5 Å². The summed E-state index contributed by atoms with van der Waals surface area (Å²) in [6.45, 7) is 9.38. The minimum Gasteiger partial charge on any atom is -0.497 e. The maximum absolute atomic E-state index is 14.0. The lowest BCUT2D eigenvalue weighted by atomic mass is 9.71. The highest BCUT2D eigenvalue weighted by atomic mass is 32.2. The third kappa shape index (κ3) is 6.23. The topological polar surface area (TPSA) is 80.1 Å². The SMILES string of the molecule is COc1cc(C)c(S(=O)N2CCn3cccc3C2COCC(=O)N2CCC3(CC2)CCN(c2ccncc2)CC3)c(C)c1. The lowest BCUT2D eigenvalue weighted by Gasteiger charge is -2.47. The highest BCUT2D eigenvalue weighted by Crippen LogP contribution is 2.42. The number of rotatable bonds is 8. The third-order valence-electron chi connectivity index (χ3n) is 9.70. The number of methoxy groups -OCH3 is 1. The van der Waals surface area contributed by atoms with Gasteiger partial charge in [-0.1, -0.05) is 0 Å². The summed E-state index contributed by atoms with van der Waals surface area (Å²) < 4.78 is 29.8. The Morgan fingerprint density at radius 2 is 1.65 bits per heavy atom. The molecule has 0 N–H and O–H groups in total. The molecule has 3 aliphatic heterocycles. The van der Waals surface area contributed by atoms with Crippen LogP contribution < -0.4 is 9.64 Å². The van der Waals surface area contributed by atoms with Gasteiger partial charge in [-0.3, -0.25) is 9.78 Å². The third-order valence-corrected chi connectivity index (χ3v) is 11.6. The number of pyridine rings is 1. The minimum absolute atomic E-state index is 0.0428. The first-order chi connectivity index (χ1) is 20.9. The molecule has 2 unspecified atom stereocenters. The smallest absolute Gasteiger partial charge is 0.248 e. The molecule has 1 amide bonds. The molecule has 0 saturated carbocycles. The van der Waals surface area contributed by atoms with E-state index in [0.29, 0.717) is 18.6 Å². The number of carbonyl (C=O) groups is 1. The summed E-state index contributed by atoms with van der Waals surface area (Å²) in [6, 6.07) is 11.9. The van der Waals surface area contributed by atoms with E-state index in [1.165, 1.54) is 5.69 Å². The fourth-order valence-corrected chi connectivity index (χ4v) is 8.66. The quantitative estimate of drug-likeness (QED) is 0.376. The Morgan fingerprint density at radius 3 is 2.33 bits per heavy atom. The summed E-state index contributed by atoms with van der Waals surface area (Å²) in [5.41, 5.74) is 4.52. The van der Waals surface area contributed by atoms with Crippen LogP contribution in [0, 0.1) is 19.3 Å². The number of ether oxygens (including phenoxy) is 2. The average molecular weight is 606 g/mol. The lowest BCUT2D eigenvalue weighted by Crippen LogP contribution is -2.49. The van der Waals surface area contributed by atoms with Crippen LogP contribution in [-0.4, -0.2) is 81.9 Å². The van der Waals surface area contributed by atoms with Gasteiger partial charge < -0.3 is 23.8 Å². The largest absolute Gasteiger partial charge is 0.497 e. The van der Waals surface area contributed by atoms with Crippen molar-refractivity contribution in [3.63, 3.8) is 0 Å². The molecule has 0 bridgehead atoms. The fraction of sp³-hybridized carbons (Fsp3) is 0.515. The van der Waals surface area contributed by atoms with Crippen LogP contribution in [0.2, 0.25) is 0 Å². The summed E-state index contributed by atoms with van der Waals surface area (Å²) in [5.74, 6) is 0.811. The number of amides is 1. The van der Waals surface area contributed by atoms with Crippen LogP contribution >= 0.6 is 0 Å². The molecule has 9 nitrogen and oxygen atoms in total. The Hall–Kier alpha value is -3.21. The molecule has 3 aliphatic rings. The molecular weight excluding hydrogens is 562 g/mol. The Balaban J connectivity index is 1.04. The minimum atomic E-state index is -1.38. The zero-order valence-corrected chi connectivity index (χ0v) is 26.4. The zero-order chi connectivity index (χ0) is 30.0. The van der Waals surface area contributed by atoms with Crippen molar-refractivity contribution in [2.75, 3.05) is 57.9 Å². The molecule has 1 aromatic carbocycles. The Labute approximate surface area is 257 Å². The number of hydrogen-bond donors (Lipinski definition) is 0. The molecule has 5 heterocycles. The van der Waals surface area contributed by atoms with E-state index in [9.17, 15) is 9.00 Å². The number of carbonyl (C=O) groups excluding carboxylic acids is 1. The van der Waals surface area contributed by atoms with Gasteiger partial charge in [0.15, 0.2) is 0 Å². The van der Waals surface area contributed by atoms with Gasteiger partial charge in [0, 0.05) is 69.2 Å². The fourth-order valence-electron chi connectivity index (χ4n) is 7.10. The maximum Gasteiger partial charge on any atom is 0.248 e. The molecule has 6 rings (SSSR count). The molecule has 2 fully saturated rings. The van der Waals surface area contributed by atoms with E-state index >= 15 is 0 Å². The molecule has 0 radical (unpaired) electrons. The first kappa shape index (κ1) is 29.8. The number of piperidine rings is 2. The van der Waals surface area contributed by atoms with Crippen molar-refractivity contribution in [1.29, 1.82) is 0 Å². The van der Waals surface area contributed by atoms with Gasteiger partial charge in [0.1, 0.15) is 23.3 Å². The summed E-state index contributed by atoms with van der Waals surface area (Å²) in [6.07, 6.45) is 10.2. The summed E-state index contributed by atoms with van der Waals surface area (Å²) in [7, 11) is 0.265. The highest BCUT2D eigenvalue weighted by Gasteiger charge is 2.39. The number of aromatic nitrogens is 2. The second-order valence-electron chi connectivity index (χ2n) is 12.2. The van der Waals surface area contributed by atoms with E-state index in [2.05, 4.69) is 38.8 Å². The van der Waals surface area contributed by atoms with Gasteiger partial charge in [0.05, 0.1) is 24.7 Å². The first-order valence-corrected chi connectivity index (χ1v) is 16.5. The number of nitrogens with zero attached hydrogens (tertiary/aromatic N) is 5. The predicted molar refractivity (Wildman–Crippen MR) is 168 cm³/mol. The van der Waals surface area contributed by atoms with E-state index in [1.54, 1.807) is 7.11 Å². The van der Waals surface area contributed by atoms with E-state index in [1.807, 2.05) is 53.6 Å². The van der Waals surface area contributed by atoms with Gasteiger partial charge in [0.25, 0.3) is 0 Å². The summed E-state index contributed by atoms with van der Waals surface area (Å²) >= 11 is 0. The average Bonchev–Trinajstić information content (AvgIpc) is 3.51. The molecule has 2 saturated heterocycles. The number of fused-ring (bicyclic) bond motifs is 1. The molecule has 1 spiro atoms.